The molecule has 1 unspecified atom stereocenters. The van der Waals surface area contributed by atoms with E-state index < -0.39 is 0 Å². The average molecular weight is 196 g/mol. The molecule has 1 aromatic heterocycles. The van der Waals surface area contributed by atoms with Crippen molar-refractivity contribution in [2.24, 2.45) is 5.73 Å². The lowest BCUT2D eigenvalue weighted by atomic mass is 10.1. The van der Waals surface area contributed by atoms with Gasteiger partial charge in [-0.05, 0) is 31.9 Å². The topological polar surface area (TPSA) is 29.3 Å². The van der Waals surface area contributed by atoms with E-state index in [0.717, 1.165) is 6.54 Å². The number of thiophene rings is 1. The van der Waals surface area contributed by atoms with Gasteiger partial charge in [0.05, 0.1) is 5.00 Å². The van der Waals surface area contributed by atoms with Crippen molar-refractivity contribution in [1.29, 1.82) is 0 Å². The molecule has 0 radical (unpaired) electrons. The second-order valence-corrected chi connectivity index (χ2v) is 5.00. The third-order valence-corrected chi connectivity index (χ3v) is 3.56. The Labute approximate surface area is 83.4 Å². The predicted octanol–water partition coefficient (Wildman–Crippen LogP) is 1.98. The smallest absolute Gasteiger partial charge is 0.0911 e. The molecule has 13 heavy (non-hydrogen) atoms. The zero-order valence-electron chi connectivity index (χ0n) is 7.99. The van der Waals surface area contributed by atoms with Crippen molar-refractivity contribution < 1.29 is 0 Å². The van der Waals surface area contributed by atoms with E-state index in [1.54, 1.807) is 0 Å². The zero-order valence-corrected chi connectivity index (χ0v) is 8.81. The molecule has 1 aliphatic rings. The zero-order chi connectivity index (χ0) is 9.26. The Kier molecular flexibility index (Phi) is 2.56. The Morgan fingerprint density at radius 1 is 1.54 bits per heavy atom. The van der Waals surface area contributed by atoms with Gasteiger partial charge in [-0.3, -0.25) is 0 Å². The summed E-state index contributed by atoms with van der Waals surface area (Å²) in [6, 6.07) is 4.76. The van der Waals surface area contributed by atoms with Crippen molar-refractivity contribution in [2.45, 2.75) is 25.8 Å². The Balaban J connectivity index is 2.08. The van der Waals surface area contributed by atoms with Crippen molar-refractivity contribution in [2.75, 3.05) is 18.0 Å². The molecule has 0 bridgehead atoms. The van der Waals surface area contributed by atoms with Gasteiger partial charge in [-0.15, -0.1) is 11.3 Å². The fourth-order valence-corrected chi connectivity index (χ4v) is 2.70. The van der Waals surface area contributed by atoms with Gasteiger partial charge in [-0.1, -0.05) is 0 Å². The van der Waals surface area contributed by atoms with Gasteiger partial charge in [0.15, 0.2) is 0 Å². The van der Waals surface area contributed by atoms with Crippen LogP contribution < -0.4 is 10.6 Å². The largest absolute Gasteiger partial charge is 0.362 e. The molecule has 3 heteroatoms. The highest BCUT2D eigenvalue weighted by Crippen LogP contribution is 2.27. The van der Waals surface area contributed by atoms with Crippen LogP contribution in [0.1, 0.15) is 17.7 Å². The van der Waals surface area contributed by atoms with E-state index in [4.69, 9.17) is 5.73 Å². The minimum absolute atomic E-state index is 0.371. The summed E-state index contributed by atoms with van der Waals surface area (Å²) in [6.45, 7) is 4.35. The lowest BCUT2D eigenvalue weighted by Gasteiger charge is -2.31. The fourth-order valence-electron chi connectivity index (χ4n) is 1.80. The van der Waals surface area contributed by atoms with Crippen LogP contribution in [-0.2, 0) is 0 Å². The molecule has 2 rings (SSSR count). The second-order valence-electron chi connectivity index (χ2n) is 3.73. The summed E-state index contributed by atoms with van der Waals surface area (Å²) in [7, 11) is 0. The molecule has 1 fully saturated rings. The normalized spacial score (nSPS) is 23.5. The highest BCUT2D eigenvalue weighted by atomic mass is 32.1. The van der Waals surface area contributed by atoms with Crippen LogP contribution in [0, 0.1) is 6.92 Å². The summed E-state index contributed by atoms with van der Waals surface area (Å²) in [5.41, 5.74) is 5.93. The van der Waals surface area contributed by atoms with Gasteiger partial charge in [-0.2, -0.15) is 0 Å². The number of nitrogens with zero attached hydrogens (tertiary/aromatic N) is 1. The predicted molar refractivity (Wildman–Crippen MR) is 58.5 cm³/mol. The molecule has 1 atom stereocenters. The number of nitrogens with two attached hydrogens (primary N) is 1. The van der Waals surface area contributed by atoms with Crippen LogP contribution >= 0.6 is 11.3 Å². The molecule has 1 saturated heterocycles. The molecule has 0 saturated carbocycles. The lowest BCUT2D eigenvalue weighted by molar-refractivity contribution is 0.508. The van der Waals surface area contributed by atoms with E-state index in [1.165, 1.54) is 29.3 Å². The van der Waals surface area contributed by atoms with Crippen LogP contribution in [0.4, 0.5) is 5.00 Å². The van der Waals surface area contributed by atoms with Gasteiger partial charge in [0, 0.05) is 24.0 Å². The monoisotopic (exact) mass is 196 g/mol. The Morgan fingerprint density at radius 3 is 3.00 bits per heavy atom. The average Bonchev–Trinajstić information content (AvgIpc) is 2.52. The van der Waals surface area contributed by atoms with E-state index in [1.807, 2.05) is 11.3 Å². The molecule has 0 spiro atoms. The summed E-state index contributed by atoms with van der Waals surface area (Å²) in [5, 5.41) is 1.38. The molecular weight excluding hydrogens is 180 g/mol. The van der Waals surface area contributed by atoms with E-state index in [2.05, 4.69) is 24.0 Å². The summed E-state index contributed by atoms with van der Waals surface area (Å²) in [5.74, 6) is 0. The number of anilines is 1. The maximum absolute atomic E-state index is 5.93. The molecule has 0 amide bonds. The van der Waals surface area contributed by atoms with E-state index in [-0.39, 0.29) is 0 Å². The minimum atomic E-state index is 0.371. The molecule has 1 aromatic rings. The van der Waals surface area contributed by atoms with Gasteiger partial charge < -0.3 is 10.6 Å². The third-order valence-electron chi connectivity index (χ3n) is 2.50. The second kappa shape index (κ2) is 3.68. The summed E-state index contributed by atoms with van der Waals surface area (Å²) in [4.78, 5) is 3.79. The van der Waals surface area contributed by atoms with Crippen LogP contribution in [0.25, 0.3) is 0 Å². The highest BCUT2D eigenvalue weighted by Gasteiger charge is 2.17. The quantitative estimate of drug-likeness (QED) is 0.744. The first-order chi connectivity index (χ1) is 6.25. The van der Waals surface area contributed by atoms with Gasteiger partial charge in [0.1, 0.15) is 0 Å². The molecule has 1 aliphatic heterocycles. The highest BCUT2D eigenvalue weighted by molar-refractivity contribution is 7.16. The molecule has 72 valence electrons. The van der Waals surface area contributed by atoms with Crippen LogP contribution in [0.2, 0.25) is 0 Å². The molecule has 0 aromatic carbocycles. The van der Waals surface area contributed by atoms with E-state index in [9.17, 15) is 0 Å². The molecule has 2 heterocycles. The van der Waals surface area contributed by atoms with Crippen LogP contribution in [0.15, 0.2) is 12.1 Å². The Bertz CT molecular complexity index is 282. The van der Waals surface area contributed by atoms with Gasteiger partial charge in [-0.25, -0.2) is 0 Å². The Hall–Kier alpha value is -0.540. The molecule has 2 N–H and O–H groups in total. The first kappa shape index (κ1) is 9.03. The number of hydrogen-bond acceptors (Lipinski definition) is 3. The van der Waals surface area contributed by atoms with Gasteiger partial charge in [0.2, 0.25) is 0 Å². The van der Waals surface area contributed by atoms with Crippen LogP contribution in [0.5, 0.6) is 0 Å². The number of hydrogen-bond donors (Lipinski definition) is 1. The Morgan fingerprint density at radius 2 is 2.38 bits per heavy atom. The molecular formula is C10H16N2S. The first-order valence-electron chi connectivity index (χ1n) is 4.82. The lowest BCUT2D eigenvalue weighted by Crippen LogP contribution is -2.42. The standard InChI is InChI=1S/C10H16N2S/c1-8-4-5-10(13-8)12-6-2-3-9(11)7-12/h4-5,9H,2-3,6-7,11H2,1H3. The third kappa shape index (κ3) is 2.03. The van der Waals surface area contributed by atoms with Gasteiger partial charge >= 0.3 is 0 Å². The fraction of sp³-hybridized carbons (Fsp3) is 0.600. The van der Waals surface area contributed by atoms with Crippen LogP contribution in [0.3, 0.4) is 0 Å². The van der Waals surface area contributed by atoms with Crippen molar-refractivity contribution in [1.82, 2.24) is 0 Å². The van der Waals surface area contributed by atoms with Crippen molar-refractivity contribution in [3.63, 3.8) is 0 Å². The maximum atomic E-state index is 5.93. The van der Waals surface area contributed by atoms with Crippen molar-refractivity contribution in [3.8, 4) is 0 Å². The van der Waals surface area contributed by atoms with Crippen LogP contribution in [-0.4, -0.2) is 19.1 Å². The van der Waals surface area contributed by atoms with Crippen molar-refractivity contribution >= 4 is 16.3 Å². The summed E-state index contributed by atoms with van der Waals surface area (Å²) < 4.78 is 0. The molecule has 2 nitrogen and oxygen atoms in total. The number of piperidine rings is 1. The molecule has 0 aliphatic carbocycles. The number of aryl methyl sites for hydroxylation is 1. The van der Waals surface area contributed by atoms with Gasteiger partial charge in [0.25, 0.3) is 0 Å². The summed E-state index contributed by atoms with van der Waals surface area (Å²) >= 11 is 1.87. The number of rotatable bonds is 1. The van der Waals surface area contributed by atoms with Crippen molar-refractivity contribution in [3.05, 3.63) is 17.0 Å². The SMILES string of the molecule is Cc1ccc(N2CCCC(N)C2)s1. The van der Waals surface area contributed by atoms with E-state index >= 15 is 0 Å². The van der Waals surface area contributed by atoms with E-state index in [0.29, 0.717) is 6.04 Å². The first-order valence-corrected chi connectivity index (χ1v) is 5.64. The summed E-state index contributed by atoms with van der Waals surface area (Å²) in [6.07, 6.45) is 2.42. The minimum Gasteiger partial charge on any atom is -0.362 e. The maximum Gasteiger partial charge on any atom is 0.0911 e.